The van der Waals surface area contributed by atoms with Crippen molar-refractivity contribution in [3.8, 4) is 0 Å². The Balaban J connectivity index is 1.86. The molecule has 0 atom stereocenters. The molecule has 3 rings (SSSR count). The summed E-state index contributed by atoms with van der Waals surface area (Å²) in [5.41, 5.74) is 5.55. The molecule has 1 amide bonds. The molecular weight excluding hydrogens is 336 g/mol. The summed E-state index contributed by atoms with van der Waals surface area (Å²) in [6.07, 6.45) is 1.61. The molecule has 3 aromatic rings. The van der Waals surface area contributed by atoms with E-state index in [-0.39, 0.29) is 5.91 Å². The maximum atomic E-state index is 13.0. The number of nitrogens with zero attached hydrogens (tertiary/aromatic N) is 3. The molecule has 1 heterocycles. The lowest BCUT2D eigenvalue weighted by Gasteiger charge is -2.21. The second-order valence-electron chi connectivity index (χ2n) is 6.66. The molecule has 1 aromatic heterocycles. The molecule has 0 fully saturated rings. The minimum absolute atomic E-state index is 0.144. The number of hydrogen-bond acceptors (Lipinski definition) is 4. The summed E-state index contributed by atoms with van der Waals surface area (Å²) in [4.78, 5) is 23.4. The lowest BCUT2D eigenvalue weighted by atomic mass is 10.1. The molecule has 138 valence electrons. The fourth-order valence-corrected chi connectivity index (χ4v) is 3.09. The Morgan fingerprint density at radius 2 is 1.74 bits per heavy atom. The topological polar surface area (TPSA) is 58.1 Å². The van der Waals surface area contributed by atoms with E-state index in [4.69, 9.17) is 0 Å². The van der Waals surface area contributed by atoms with E-state index in [0.717, 1.165) is 28.1 Å². The van der Waals surface area contributed by atoms with Crippen molar-refractivity contribution in [3.05, 3.63) is 77.1 Å². The summed E-state index contributed by atoms with van der Waals surface area (Å²) in [7, 11) is 0. The van der Waals surface area contributed by atoms with Gasteiger partial charge in [-0.1, -0.05) is 18.2 Å². The minimum Gasteiger partial charge on any atom is -0.324 e. The Kier molecular flexibility index (Phi) is 5.50. The van der Waals surface area contributed by atoms with Crippen LogP contribution in [0.5, 0.6) is 0 Å². The number of nitrogens with one attached hydrogen (secondary N) is 1. The molecule has 0 bridgehead atoms. The van der Waals surface area contributed by atoms with Crippen LogP contribution in [0.15, 0.2) is 54.7 Å². The number of hydrogen-bond donors (Lipinski definition) is 1. The van der Waals surface area contributed by atoms with E-state index >= 15 is 0 Å². The van der Waals surface area contributed by atoms with Crippen molar-refractivity contribution < 1.29 is 4.79 Å². The lowest BCUT2D eigenvalue weighted by Crippen LogP contribution is -2.31. The zero-order valence-electron chi connectivity index (χ0n) is 16.2. The Morgan fingerprint density at radius 3 is 2.41 bits per heavy atom. The molecule has 2 aromatic carbocycles. The van der Waals surface area contributed by atoms with Gasteiger partial charge >= 0.3 is 0 Å². The quantitative estimate of drug-likeness (QED) is 0.709. The second kappa shape index (κ2) is 7.99. The monoisotopic (exact) mass is 360 g/mol. The van der Waals surface area contributed by atoms with Gasteiger partial charge < -0.3 is 10.2 Å². The Hall–Kier alpha value is -3.21. The normalized spacial score (nSPS) is 10.5. The Labute approximate surface area is 160 Å². The first-order chi connectivity index (χ1) is 13.0. The summed E-state index contributed by atoms with van der Waals surface area (Å²) in [6, 6.07) is 15.7. The second-order valence-corrected chi connectivity index (χ2v) is 6.66. The fourth-order valence-electron chi connectivity index (χ4n) is 3.09. The van der Waals surface area contributed by atoms with E-state index < -0.39 is 0 Å². The van der Waals surface area contributed by atoms with Gasteiger partial charge in [0.1, 0.15) is 5.69 Å². The van der Waals surface area contributed by atoms with Crippen LogP contribution in [0.3, 0.4) is 0 Å². The number of carbonyl (C=O) groups excluding carboxylic acids is 1. The van der Waals surface area contributed by atoms with Crippen molar-refractivity contribution in [3.63, 3.8) is 0 Å². The van der Waals surface area contributed by atoms with Gasteiger partial charge in [-0.15, -0.1) is 0 Å². The first-order valence-corrected chi connectivity index (χ1v) is 9.03. The van der Waals surface area contributed by atoms with E-state index in [1.54, 1.807) is 17.2 Å². The summed E-state index contributed by atoms with van der Waals surface area (Å²) in [5.74, 6) is 0.264. The van der Waals surface area contributed by atoms with Crippen LogP contribution < -0.4 is 10.2 Å². The Morgan fingerprint density at radius 1 is 1.00 bits per heavy atom. The van der Waals surface area contributed by atoms with Crippen LogP contribution in [0.2, 0.25) is 0 Å². The number of aromatic nitrogens is 2. The van der Waals surface area contributed by atoms with E-state index in [0.29, 0.717) is 18.2 Å². The van der Waals surface area contributed by atoms with Crippen LogP contribution in [-0.2, 0) is 0 Å². The molecule has 0 spiro atoms. The van der Waals surface area contributed by atoms with E-state index in [1.807, 2.05) is 64.1 Å². The first-order valence-electron chi connectivity index (χ1n) is 9.03. The van der Waals surface area contributed by atoms with Gasteiger partial charge in [0.05, 0.1) is 0 Å². The first kappa shape index (κ1) is 18.6. The van der Waals surface area contributed by atoms with Gasteiger partial charge in [-0.2, -0.15) is 0 Å². The fraction of sp³-hybridized carbons (Fsp3) is 0.227. The molecular formula is C22H24N4O. The van der Waals surface area contributed by atoms with Crippen LogP contribution in [0, 0.1) is 20.8 Å². The molecule has 0 saturated heterocycles. The van der Waals surface area contributed by atoms with Crippen LogP contribution in [-0.4, -0.2) is 22.4 Å². The van der Waals surface area contributed by atoms with Gasteiger partial charge in [-0.3, -0.25) is 4.79 Å². The SMILES string of the molecule is CCN(C(=O)c1ccnc(Nc2cc(C)cc(C)c2)n1)c1cccc(C)c1. The number of benzene rings is 2. The summed E-state index contributed by atoms with van der Waals surface area (Å²) in [5, 5.41) is 3.19. The molecule has 0 radical (unpaired) electrons. The zero-order valence-corrected chi connectivity index (χ0v) is 16.2. The van der Waals surface area contributed by atoms with Crippen molar-refractivity contribution >= 4 is 23.2 Å². The summed E-state index contributed by atoms with van der Waals surface area (Å²) >= 11 is 0. The van der Waals surface area contributed by atoms with Gasteiger partial charge in [0.15, 0.2) is 0 Å². The predicted octanol–water partition coefficient (Wildman–Crippen LogP) is 4.81. The van der Waals surface area contributed by atoms with Crippen LogP contribution >= 0.6 is 0 Å². The maximum Gasteiger partial charge on any atom is 0.277 e. The highest BCUT2D eigenvalue weighted by atomic mass is 16.2. The predicted molar refractivity (Wildman–Crippen MR) is 110 cm³/mol. The molecule has 0 aliphatic carbocycles. The number of rotatable bonds is 5. The highest BCUT2D eigenvalue weighted by Crippen LogP contribution is 2.20. The number of carbonyl (C=O) groups is 1. The molecule has 27 heavy (non-hydrogen) atoms. The number of anilines is 3. The van der Waals surface area contributed by atoms with Crippen molar-refractivity contribution in [1.82, 2.24) is 9.97 Å². The summed E-state index contributed by atoms with van der Waals surface area (Å²) in [6.45, 7) is 8.61. The van der Waals surface area contributed by atoms with Crippen molar-refractivity contribution in [2.75, 3.05) is 16.8 Å². The zero-order chi connectivity index (χ0) is 19.4. The van der Waals surface area contributed by atoms with Crippen LogP contribution in [0.4, 0.5) is 17.3 Å². The molecule has 1 N–H and O–H groups in total. The minimum atomic E-state index is -0.144. The largest absolute Gasteiger partial charge is 0.324 e. The molecule has 5 nitrogen and oxygen atoms in total. The van der Waals surface area contributed by atoms with E-state index in [2.05, 4.69) is 21.4 Å². The third-order valence-corrected chi connectivity index (χ3v) is 4.23. The number of amides is 1. The van der Waals surface area contributed by atoms with Crippen molar-refractivity contribution in [2.24, 2.45) is 0 Å². The highest BCUT2D eigenvalue weighted by Gasteiger charge is 2.18. The van der Waals surface area contributed by atoms with Gasteiger partial charge in [-0.25, -0.2) is 9.97 Å². The third-order valence-electron chi connectivity index (χ3n) is 4.23. The van der Waals surface area contributed by atoms with Gasteiger partial charge in [0.2, 0.25) is 5.95 Å². The lowest BCUT2D eigenvalue weighted by molar-refractivity contribution is 0.0983. The molecule has 0 saturated carbocycles. The van der Waals surface area contributed by atoms with Crippen molar-refractivity contribution in [2.45, 2.75) is 27.7 Å². The maximum absolute atomic E-state index is 13.0. The molecule has 0 aliphatic rings. The average molecular weight is 360 g/mol. The standard InChI is InChI=1S/C22H24N4O/c1-5-26(19-8-6-7-15(2)14-19)21(27)20-9-10-23-22(25-20)24-18-12-16(3)11-17(4)13-18/h6-14H,5H2,1-4H3,(H,23,24,25). The molecule has 5 heteroatoms. The average Bonchev–Trinajstić information content (AvgIpc) is 2.61. The molecule has 0 unspecified atom stereocenters. The van der Waals surface area contributed by atoms with E-state index in [1.165, 1.54) is 0 Å². The van der Waals surface area contributed by atoms with Crippen LogP contribution in [0.1, 0.15) is 34.1 Å². The van der Waals surface area contributed by atoms with Crippen LogP contribution in [0.25, 0.3) is 0 Å². The number of aryl methyl sites for hydroxylation is 3. The highest BCUT2D eigenvalue weighted by molar-refractivity contribution is 6.04. The van der Waals surface area contributed by atoms with E-state index in [9.17, 15) is 4.79 Å². The van der Waals surface area contributed by atoms with Gasteiger partial charge in [0, 0.05) is 24.1 Å². The third kappa shape index (κ3) is 4.50. The smallest absolute Gasteiger partial charge is 0.277 e. The summed E-state index contributed by atoms with van der Waals surface area (Å²) < 4.78 is 0. The molecule has 0 aliphatic heterocycles. The van der Waals surface area contributed by atoms with Gasteiger partial charge in [0.25, 0.3) is 5.91 Å². The Bertz CT molecular complexity index is 948. The van der Waals surface area contributed by atoms with Gasteiger partial charge in [-0.05, 0) is 74.7 Å². The van der Waals surface area contributed by atoms with Crippen molar-refractivity contribution in [1.29, 1.82) is 0 Å².